The number of nitrogens with zero attached hydrogens (tertiary/aromatic N) is 1. The molecule has 0 bridgehead atoms. The van der Waals surface area contributed by atoms with Crippen LogP contribution in [0.5, 0.6) is 11.5 Å². The molecule has 5 nitrogen and oxygen atoms in total. The number of allylic oxidation sites excluding steroid dienone is 4. The van der Waals surface area contributed by atoms with Gasteiger partial charge in [0.15, 0.2) is 5.78 Å². The number of ketones is 2. The van der Waals surface area contributed by atoms with E-state index in [2.05, 4.69) is 0 Å². The maximum absolute atomic E-state index is 13.8. The highest BCUT2D eigenvalue weighted by Crippen LogP contribution is 2.45. The number of Topliss-reactive ketones (excluding diaryl/α,β-unsaturated/α-hetero) is 1. The lowest BCUT2D eigenvalue weighted by Crippen LogP contribution is -2.14. The molecule has 4 rings (SSSR count). The first-order chi connectivity index (χ1) is 17.1. The number of rotatable bonds is 7. The molecule has 186 valence electrons. The third kappa shape index (κ3) is 4.55. The molecule has 0 atom stereocenters. The van der Waals surface area contributed by atoms with Gasteiger partial charge in [-0.05, 0) is 24.6 Å². The Morgan fingerprint density at radius 2 is 1.50 bits per heavy atom. The molecule has 36 heavy (non-hydrogen) atoms. The molecular weight excluding hydrogens is 568 g/mol. The lowest BCUT2D eigenvalue weighted by Gasteiger charge is -2.16. The normalized spacial score (nSPS) is 13.4. The summed E-state index contributed by atoms with van der Waals surface area (Å²) in [4.78, 5) is 27.4. The van der Waals surface area contributed by atoms with E-state index in [0.717, 1.165) is 5.56 Å². The van der Waals surface area contributed by atoms with E-state index < -0.39 is 5.78 Å². The molecular formula is C26H18Cl5NO4. The molecule has 0 fully saturated rings. The van der Waals surface area contributed by atoms with E-state index in [1.54, 1.807) is 12.1 Å². The molecule has 0 unspecified atom stereocenters. The fourth-order valence-electron chi connectivity index (χ4n) is 4.01. The molecule has 0 aliphatic heterocycles. The Kier molecular flexibility index (Phi) is 7.79. The Hall–Kier alpha value is -2.41. The number of aromatic nitrogens is 1. The average molecular weight is 586 g/mol. The van der Waals surface area contributed by atoms with E-state index in [9.17, 15) is 9.59 Å². The molecule has 1 heterocycles. The fourth-order valence-corrected chi connectivity index (χ4v) is 5.15. The van der Waals surface area contributed by atoms with Crippen molar-refractivity contribution in [1.82, 2.24) is 4.57 Å². The van der Waals surface area contributed by atoms with E-state index in [1.807, 2.05) is 19.1 Å². The second kappa shape index (κ2) is 10.5. The number of ether oxygens (including phenoxy) is 2. The minimum absolute atomic E-state index is 0.00630. The number of aryl methyl sites for hydroxylation is 1. The number of carbonyl (C=O) groups is 2. The van der Waals surface area contributed by atoms with Crippen LogP contribution in [0.2, 0.25) is 15.2 Å². The van der Waals surface area contributed by atoms with Gasteiger partial charge in [0.05, 0.1) is 46.3 Å². The molecule has 0 spiro atoms. The van der Waals surface area contributed by atoms with Crippen LogP contribution in [0.3, 0.4) is 0 Å². The van der Waals surface area contributed by atoms with Crippen molar-refractivity contribution in [3.05, 3.63) is 95.7 Å². The standard InChI is InChI=1S/C26H18Cl5NO4/c1-12-6-4-5-7-13(12)24(33)15-9-17(28)22(30)23(15)32-19(10-18(29)26(32)31)25(34)14-8-16(27)21(36-3)11-20(14)35-2/h4-8,10-11H,9H2,1-3H3. The van der Waals surface area contributed by atoms with Crippen LogP contribution in [0.25, 0.3) is 5.70 Å². The van der Waals surface area contributed by atoms with Gasteiger partial charge < -0.3 is 9.47 Å². The van der Waals surface area contributed by atoms with Gasteiger partial charge in [-0.3, -0.25) is 14.2 Å². The summed E-state index contributed by atoms with van der Waals surface area (Å²) in [6, 6.07) is 11.5. The van der Waals surface area contributed by atoms with Crippen LogP contribution in [0.4, 0.5) is 0 Å². The summed E-state index contributed by atoms with van der Waals surface area (Å²) in [5.74, 6) is -0.259. The molecule has 1 aliphatic carbocycles. The third-order valence-corrected chi connectivity index (χ3v) is 7.68. The smallest absolute Gasteiger partial charge is 0.213 e. The van der Waals surface area contributed by atoms with Crippen LogP contribution in [0.1, 0.15) is 38.4 Å². The highest BCUT2D eigenvalue weighted by atomic mass is 35.5. The summed E-state index contributed by atoms with van der Waals surface area (Å²) in [5.41, 5.74) is 1.90. The second-order valence-electron chi connectivity index (χ2n) is 7.89. The average Bonchev–Trinajstić information content (AvgIpc) is 3.32. The Labute approximate surface area is 232 Å². The topological polar surface area (TPSA) is 57.5 Å². The van der Waals surface area contributed by atoms with E-state index >= 15 is 0 Å². The lowest BCUT2D eigenvalue weighted by atomic mass is 9.97. The number of hydrogen-bond acceptors (Lipinski definition) is 4. The maximum Gasteiger partial charge on any atom is 0.213 e. The van der Waals surface area contributed by atoms with Crippen molar-refractivity contribution >= 4 is 75.3 Å². The summed E-state index contributed by atoms with van der Waals surface area (Å²) in [6.45, 7) is 1.83. The predicted octanol–water partition coefficient (Wildman–Crippen LogP) is 8.19. The van der Waals surface area contributed by atoms with E-state index in [1.165, 1.54) is 37.0 Å². The monoisotopic (exact) mass is 583 g/mol. The van der Waals surface area contributed by atoms with Gasteiger partial charge in [0, 0.05) is 28.7 Å². The molecule has 1 aliphatic rings. The molecule has 1 aromatic heterocycles. The van der Waals surface area contributed by atoms with Gasteiger partial charge in [0.25, 0.3) is 0 Å². The highest BCUT2D eigenvalue weighted by molar-refractivity contribution is 6.47. The summed E-state index contributed by atoms with van der Waals surface area (Å²) < 4.78 is 12.0. The van der Waals surface area contributed by atoms with Gasteiger partial charge in [-0.15, -0.1) is 0 Å². The molecule has 3 aromatic rings. The molecule has 0 N–H and O–H groups in total. The predicted molar refractivity (Wildman–Crippen MR) is 145 cm³/mol. The zero-order chi connectivity index (χ0) is 26.3. The van der Waals surface area contributed by atoms with Crippen molar-refractivity contribution in [2.75, 3.05) is 14.2 Å². The van der Waals surface area contributed by atoms with Crippen LogP contribution in [-0.4, -0.2) is 30.4 Å². The van der Waals surface area contributed by atoms with Crippen molar-refractivity contribution in [3.8, 4) is 11.5 Å². The van der Waals surface area contributed by atoms with Crippen LogP contribution in [-0.2, 0) is 0 Å². The molecule has 0 saturated heterocycles. The number of methoxy groups -OCH3 is 2. The van der Waals surface area contributed by atoms with Crippen molar-refractivity contribution < 1.29 is 19.1 Å². The van der Waals surface area contributed by atoms with Gasteiger partial charge >= 0.3 is 0 Å². The van der Waals surface area contributed by atoms with Crippen molar-refractivity contribution in [2.45, 2.75) is 13.3 Å². The number of halogens is 5. The molecule has 2 aromatic carbocycles. The quantitative estimate of drug-likeness (QED) is 0.262. The van der Waals surface area contributed by atoms with Crippen molar-refractivity contribution in [1.29, 1.82) is 0 Å². The molecule has 10 heteroatoms. The van der Waals surface area contributed by atoms with E-state index in [0.29, 0.717) is 11.3 Å². The summed E-state index contributed by atoms with van der Waals surface area (Å²) >= 11 is 32.2. The SMILES string of the molecule is COc1cc(OC)c(C(=O)c2cc(Cl)c(Cl)n2C2=C(C(=O)c3ccccc3C)CC(Cl)=C2Cl)cc1Cl. The molecule has 0 saturated carbocycles. The van der Waals surface area contributed by atoms with E-state index in [4.69, 9.17) is 67.5 Å². The van der Waals surface area contributed by atoms with Crippen LogP contribution >= 0.6 is 58.0 Å². The number of hydrogen-bond donors (Lipinski definition) is 0. The highest BCUT2D eigenvalue weighted by Gasteiger charge is 2.34. The minimum atomic E-state index is -0.520. The van der Waals surface area contributed by atoms with Gasteiger partial charge in [0.1, 0.15) is 16.7 Å². The molecule has 0 amide bonds. The minimum Gasteiger partial charge on any atom is -0.496 e. The van der Waals surface area contributed by atoms with Gasteiger partial charge in [-0.25, -0.2) is 0 Å². The van der Waals surface area contributed by atoms with Crippen LogP contribution in [0, 0.1) is 6.92 Å². The van der Waals surface area contributed by atoms with Gasteiger partial charge in [-0.2, -0.15) is 0 Å². The Balaban J connectivity index is 1.95. The largest absolute Gasteiger partial charge is 0.496 e. The zero-order valence-corrected chi connectivity index (χ0v) is 23.0. The van der Waals surface area contributed by atoms with Crippen molar-refractivity contribution in [3.63, 3.8) is 0 Å². The van der Waals surface area contributed by atoms with Crippen LogP contribution in [0.15, 0.2) is 58.1 Å². The Bertz CT molecular complexity index is 1490. The number of carbonyl (C=O) groups excluding carboxylic acids is 2. The number of benzene rings is 2. The van der Waals surface area contributed by atoms with E-state index in [-0.39, 0.29) is 65.7 Å². The Morgan fingerprint density at radius 3 is 2.14 bits per heavy atom. The van der Waals surface area contributed by atoms with Gasteiger partial charge in [0.2, 0.25) is 5.78 Å². The summed E-state index contributed by atoms with van der Waals surface area (Å²) in [5, 5.41) is 0.618. The first-order valence-corrected chi connectivity index (χ1v) is 12.4. The van der Waals surface area contributed by atoms with Gasteiger partial charge in [-0.1, -0.05) is 82.3 Å². The second-order valence-corrected chi connectivity index (χ2v) is 9.89. The maximum atomic E-state index is 13.8. The summed E-state index contributed by atoms with van der Waals surface area (Å²) in [7, 11) is 2.86. The zero-order valence-electron chi connectivity index (χ0n) is 19.2. The Morgan fingerprint density at radius 1 is 0.833 bits per heavy atom. The first-order valence-electron chi connectivity index (χ1n) is 10.5. The summed E-state index contributed by atoms with van der Waals surface area (Å²) in [6.07, 6.45) is 0.0698. The fraction of sp³-hybridized carbons (Fsp3) is 0.154. The first kappa shape index (κ1) is 26.6. The third-order valence-electron chi connectivity index (χ3n) is 5.80. The molecule has 0 radical (unpaired) electrons. The lowest BCUT2D eigenvalue weighted by molar-refractivity contribution is 0.102. The van der Waals surface area contributed by atoms with Crippen LogP contribution < -0.4 is 9.47 Å². The van der Waals surface area contributed by atoms with Crippen molar-refractivity contribution in [2.24, 2.45) is 0 Å².